The molecule has 282 valence electrons. The number of esters is 4. The second-order valence-corrected chi connectivity index (χ2v) is 12.6. The summed E-state index contributed by atoms with van der Waals surface area (Å²) in [5.41, 5.74) is 0. The first-order chi connectivity index (χ1) is 23.3. The molecule has 0 N–H and O–H groups in total. The van der Waals surface area contributed by atoms with E-state index in [0.717, 1.165) is 20.8 Å². The lowest BCUT2D eigenvalue weighted by Gasteiger charge is -2.44. The molecule has 1 aliphatic rings. The van der Waals surface area contributed by atoms with Gasteiger partial charge in [0.15, 0.2) is 24.6 Å². The number of ether oxygens (including phenoxy) is 9. The molecule has 0 aromatic heterocycles. The molecule has 1 aliphatic heterocycles. The molecule has 6 atom stereocenters. The van der Waals surface area contributed by atoms with Crippen LogP contribution in [0.1, 0.15) is 61.8 Å². The Kier molecular flexibility index (Phi) is 23.1. The van der Waals surface area contributed by atoms with Gasteiger partial charge in [-0.25, -0.2) is 4.67 Å². The van der Waals surface area contributed by atoms with Gasteiger partial charge in [0.25, 0.3) is 8.53 Å². The van der Waals surface area contributed by atoms with Crippen LogP contribution in [0, 0.1) is 11.3 Å². The third kappa shape index (κ3) is 18.9. The molecule has 0 bridgehead atoms. The van der Waals surface area contributed by atoms with Crippen molar-refractivity contribution in [2.24, 2.45) is 0 Å². The number of hydrogen-bond acceptors (Lipinski definition) is 17. The van der Waals surface area contributed by atoms with E-state index in [1.165, 1.54) is 6.92 Å². The van der Waals surface area contributed by atoms with E-state index in [2.05, 4.69) is 38.4 Å². The second kappa shape index (κ2) is 25.4. The van der Waals surface area contributed by atoms with Crippen LogP contribution < -0.4 is 0 Å². The Morgan fingerprint density at radius 1 is 0.673 bits per heavy atom. The van der Waals surface area contributed by atoms with Crippen molar-refractivity contribution < 1.29 is 70.9 Å². The fraction of sp³-hybridized carbons (Fsp3) is 0.839. The summed E-state index contributed by atoms with van der Waals surface area (Å²) in [6.07, 6.45) is -5.97. The van der Waals surface area contributed by atoms with Crippen LogP contribution in [0.15, 0.2) is 0 Å². The van der Waals surface area contributed by atoms with Gasteiger partial charge in [0.05, 0.1) is 72.0 Å². The molecule has 1 rings (SSSR count). The average Bonchev–Trinajstić information content (AvgIpc) is 3.00. The monoisotopic (exact) mass is 724 g/mol. The Morgan fingerprint density at radius 2 is 1.14 bits per heavy atom. The number of nitrogens with zero attached hydrogens (tertiary/aromatic N) is 2. The van der Waals surface area contributed by atoms with Crippen molar-refractivity contribution in [3.05, 3.63) is 0 Å². The number of rotatable bonds is 25. The first-order valence-corrected chi connectivity index (χ1v) is 17.3. The van der Waals surface area contributed by atoms with Crippen molar-refractivity contribution in [3.63, 3.8) is 0 Å². The van der Waals surface area contributed by atoms with Crippen molar-refractivity contribution in [3.8, 4) is 6.07 Å². The summed E-state index contributed by atoms with van der Waals surface area (Å²) < 4.78 is 63.4. The van der Waals surface area contributed by atoms with Gasteiger partial charge in [0.2, 0.25) is 0 Å². The van der Waals surface area contributed by atoms with Gasteiger partial charge in [-0.3, -0.25) is 19.2 Å². The Labute approximate surface area is 289 Å². The lowest BCUT2D eigenvalue weighted by Crippen LogP contribution is -2.63. The molecule has 0 aromatic rings. The minimum atomic E-state index is -1.32. The summed E-state index contributed by atoms with van der Waals surface area (Å²) in [5, 5.41) is 8.82. The van der Waals surface area contributed by atoms with Crippen LogP contribution in [0.5, 0.6) is 0 Å². The van der Waals surface area contributed by atoms with Crippen LogP contribution in [0.4, 0.5) is 0 Å². The number of carbonyl (C=O) groups is 4. The van der Waals surface area contributed by atoms with Crippen molar-refractivity contribution in [2.75, 3.05) is 66.1 Å². The number of nitriles is 1. The zero-order valence-corrected chi connectivity index (χ0v) is 30.7. The van der Waals surface area contributed by atoms with Crippen LogP contribution in [-0.4, -0.2) is 137 Å². The Balaban J connectivity index is 2.49. The van der Waals surface area contributed by atoms with E-state index in [4.69, 9.17) is 56.9 Å². The third-order valence-corrected chi connectivity index (χ3v) is 8.40. The standard InChI is InChI=1S/C31H53N2O15P/c1-21(2)33(22(3)4)49(43-11-9-10-32)44-19-17-40-15-13-38-12-14-39-16-18-41-31-30(47-26(8)37)29(46-25(7)36)28(45-24(6)35)27(48-31)20-42-23(5)34/h21-22,27-31H,9,11-20H2,1-8H3/t27-,28-,29+,30+,31+,49?/m1/s1. The maximum atomic E-state index is 11.9. The lowest BCUT2D eigenvalue weighted by molar-refractivity contribution is -0.309. The molecule has 0 amide bonds. The van der Waals surface area contributed by atoms with Gasteiger partial charge in [-0.1, -0.05) is 0 Å². The molecule has 1 heterocycles. The highest BCUT2D eigenvalue weighted by molar-refractivity contribution is 7.44. The predicted molar refractivity (Wildman–Crippen MR) is 172 cm³/mol. The number of hydrogen-bond donors (Lipinski definition) is 0. The van der Waals surface area contributed by atoms with E-state index < -0.39 is 63.1 Å². The Bertz CT molecular complexity index is 1020. The first-order valence-electron chi connectivity index (χ1n) is 16.1. The third-order valence-electron chi connectivity index (χ3n) is 6.29. The molecule has 0 aromatic carbocycles. The summed E-state index contributed by atoms with van der Waals surface area (Å²) in [6.45, 7) is 14.8. The van der Waals surface area contributed by atoms with Gasteiger partial charge in [-0.05, 0) is 27.7 Å². The highest BCUT2D eigenvalue weighted by Gasteiger charge is 2.52. The number of carbonyl (C=O) groups excluding carboxylic acids is 4. The van der Waals surface area contributed by atoms with Crippen LogP contribution >= 0.6 is 8.53 Å². The van der Waals surface area contributed by atoms with Gasteiger partial charge in [0.1, 0.15) is 12.7 Å². The van der Waals surface area contributed by atoms with Crippen molar-refractivity contribution in [2.45, 2.75) is 105 Å². The molecule has 0 radical (unpaired) electrons. The van der Waals surface area contributed by atoms with E-state index in [0.29, 0.717) is 39.5 Å². The molecule has 1 unspecified atom stereocenters. The average molecular weight is 725 g/mol. The lowest BCUT2D eigenvalue weighted by atomic mass is 9.98. The maximum absolute atomic E-state index is 11.9. The predicted octanol–water partition coefficient (Wildman–Crippen LogP) is 2.43. The zero-order chi connectivity index (χ0) is 36.8. The van der Waals surface area contributed by atoms with E-state index in [1.807, 2.05) is 0 Å². The van der Waals surface area contributed by atoms with Crippen LogP contribution in [-0.2, 0) is 70.9 Å². The topological polar surface area (TPSA) is 197 Å². The first kappa shape index (κ1) is 44.5. The Hall–Kier alpha value is -2.52. The molecule has 18 heteroatoms. The molecule has 49 heavy (non-hydrogen) atoms. The fourth-order valence-corrected chi connectivity index (χ4v) is 6.15. The smallest absolute Gasteiger partial charge is 0.303 e. The quantitative estimate of drug-likeness (QED) is 0.0575. The molecule has 1 saturated heterocycles. The minimum absolute atomic E-state index is 0.0231. The summed E-state index contributed by atoms with van der Waals surface area (Å²) in [4.78, 5) is 47.1. The molecule has 17 nitrogen and oxygen atoms in total. The highest BCUT2D eigenvalue weighted by atomic mass is 31.2. The zero-order valence-electron chi connectivity index (χ0n) is 29.8. The van der Waals surface area contributed by atoms with Gasteiger partial charge in [0, 0.05) is 39.8 Å². The normalized spacial score (nSPS) is 21.3. The second-order valence-electron chi connectivity index (χ2n) is 11.2. The summed E-state index contributed by atoms with van der Waals surface area (Å²) >= 11 is 0. The van der Waals surface area contributed by atoms with Gasteiger partial charge in [-0.15, -0.1) is 0 Å². The van der Waals surface area contributed by atoms with Gasteiger partial charge < -0.3 is 51.7 Å². The van der Waals surface area contributed by atoms with Crippen molar-refractivity contribution >= 4 is 32.4 Å². The summed E-state index contributed by atoms with van der Waals surface area (Å²) in [7, 11) is -1.32. The van der Waals surface area contributed by atoms with Crippen LogP contribution in [0.25, 0.3) is 0 Å². The van der Waals surface area contributed by atoms with E-state index >= 15 is 0 Å². The van der Waals surface area contributed by atoms with Crippen LogP contribution in [0.2, 0.25) is 0 Å². The van der Waals surface area contributed by atoms with E-state index in [1.54, 1.807) is 0 Å². The highest BCUT2D eigenvalue weighted by Crippen LogP contribution is 2.45. The van der Waals surface area contributed by atoms with Gasteiger partial charge >= 0.3 is 23.9 Å². The van der Waals surface area contributed by atoms with Crippen LogP contribution in [0.3, 0.4) is 0 Å². The van der Waals surface area contributed by atoms with E-state index in [-0.39, 0.29) is 45.1 Å². The molecular formula is C31H53N2O15P. The maximum Gasteiger partial charge on any atom is 0.303 e. The minimum Gasteiger partial charge on any atom is -0.463 e. The molecular weight excluding hydrogens is 671 g/mol. The van der Waals surface area contributed by atoms with Crippen molar-refractivity contribution in [1.29, 1.82) is 5.26 Å². The van der Waals surface area contributed by atoms with E-state index in [9.17, 15) is 19.2 Å². The SMILES string of the molecule is CC(=O)OC[C@H]1O[C@H](OCCOCCOCCOCCOP(OCCC#N)N(C(C)C)C(C)C)[C@@H](OC(C)=O)[C@@H](OC(C)=O)[C@@H]1OC(C)=O. The summed E-state index contributed by atoms with van der Waals surface area (Å²) in [6, 6.07) is 2.50. The van der Waals surface area contributed by atoms with Crippen molar-refractivity contribution in [1.82, 2.24) is 4.67 Å². The van der Waals surface area contributed by atoms with Gasteiger partial charge in [-0.2, -0.15) is 5.26 Å². The largest absolute Gasteiger partial charge is 0.463 e. The fourth-order valence-electron chi connectivity index (χ4n) is 4.58. The molecule has 0 spiro atoms. The Morgan fingerprint density at radius 3 is 1.63 bits per heavy atom. The molecule has 0 saturated carbocycles. The molecule has 1 fully saturated rings. The summed E-state index contributed by atoms with van der Waals surface area (Å²) in [5.74, 6) is -2.80. The molecule has 0 aliphatic carbocycles.